The molecule has 0 aliphatic heterocycles. The van der Waals surface area contributed by atoms with Gasteiger partial charge in [0.15, 0.2) is 0 Å². The van der Waals surface area contributed by atoms with Crippen LogP contribution in [0.5, 0.6) is 0 Å². The van der Waals surface area contributed by atoms with Gasteiger partial charge in [0, 0.05) is 5.02 Å². The van der Waals surface area contributed by atoms with Crippen LogP contribution in [0.15, 0.2) is 39.5 Å². The van der Waals surface area contributed by atoms with E-state index in [1.807, 2.05) is 30.3 Å². The summed E-state index contributed by atoms with van der Waals surface area (Å²) < 4.78 is 6.19. The van der Waals surface area contributed by atoms with E-state index in [0.29, 0.717) is 5.89 Å². The summed E-state index contributed by atoms with van der Waals surface area (Å²) in [5.74, 6) is 0.0958. The summed E-state index contributed by atoms with van der Waals surface area (Å²) in [6, 6.07) is 9.69. The van der Waals surface area contributed by atoms with Gasteiger partial charge in [-0.25, -0.2) is 4.79 Å². The molecule has 1 heterocycles. The molecule has 1 aromatic heterocycles. The summed E-state index contributed by atoms with van der Waals surface area (Å²) in [5, 5.41) is 4.75. The normalized spacial score (nSPS) is 14.4. The van der Waals surface area contributed by atoms with E-state index in [4.69, 9.17) is 27.6 Å². The first-order chi connectivity index (χ1) is 9.20. The van der Waals surface area contributed by atoms with E-state index < -0.39 is 0 Å². The molecule has 0 unspecified atom stereocenters. The smallest absolute Gasteiger partial charge is 0.391 e. The minimum absolute atomic E-state index is 0.162. The van der Waals surface area contributed by atoms with Gasteiger partial charge in [-0.3, -0.25) is 0 Å². The molecule has 1 aromatic carbocycles. The molecule has 19 heavy (non-hydrogen) atoms. The standard InChI is InChI=1S/C7H9ClN2O2.C6H5Cl/c8-4-6-9-10(7(11)12-6)5-2-1-3-5;7-6-4-2-1-3-5-6/h5H,1-4H2;1-5H. The summed E-state index contributed by atoms with van der Waals surface area (Å²) in [5.41, 5.74) is 0. The average Bonchev–Trinajstić information content (AvgIpc) is 2.71. The summed E-state index contributed by atoms with van der Waals surface area (Å²) in [6.07, 6.45) is 3.21. The molecular formula is C13H14Cl2N2O2. The molecule has 0 amide bonds. The maximum Gasteiger partial charge on any atom is 0.437 e. The molecule has 3 rings (SSSR count). The molecule has 1 aliphatic carbocycles. The van der Waals surface area contributed by atoms with Crippen molar-refractivity contribution in [3.05, 3.63) is 51.8 Å². The van der Waals surface area contributed by atoms with Crippen LogP contribution < -0.4 is 5.76 Å². The Bertz CT molecular complexity index is 562. The summed E-state index contributed by atoms with van der Waals surface area (Å²) in [4.78, 5) is 11.1. The van der Waals surface area contributed by atoms with E-state index in [1.165, 1.54) is 11.1 Å². The molecule has 0 spiro atoms. The molecule has 1 aliphatic rings. The number of nitrogens with zero attached hydrogens (tertiary/aromatic N) is 2. The molecule has 102 valence electrons. The molecule has 0 bridgehead atoms. The largest absolute Gasteiger partial charge is 0.437 e. The van der Waals surface area contributed by atoms with Crippen molar-refractivity contribution in [2.24, 2.45) is 0 Å². The van der Waals surface area contributed by atoms with Gasteiger partial charge in [0.05, 0.1) is 6.04 Å². The lowest BCUT2D eigenvalue weighted by atomic mass is 9.94. The van der Waals surface area contributed by atoms with E-state index >= 15 is 0 Å². The van der Waals surface area contributed by atoms with Crippen molar-refractivity contribution in [1.82, 2.24) is 9.78 Å². The van der Waals surface area contributed by atoms with Gasteiger partial charge in [0.1, 0.15) is 5.88 Å². The zero-order valence-corrected chi connectivity index (χ0v) is 11.8. The highest BCUT2D eigenvalue weighted by atomic mass is 35.5. The number of aromatic nitrogens is 2. The number of hydrogen-bond acceptors (Lipinski definition) is 3. The summed E-state index contributed by atoms with van der Waals surface area (Å²) >= 11 is 11.0. The topological polar surface area (TPSA) is 48.0 Å². The van der Waals surface area contributed by atoms with Gasteiger partial charge in [-0.1, -0.05) is 29.8 Å². The van der Waals surface area contributed by atoms with Gasteiger partial charge in [0.2, 0.25) is 5.89 Å². The van der Waals surface area contributed by atoms with Gasteiger partial charge in [-0.2, -0.15) is 4.68 Å². The van der Waals surface area contributed by atoms with Crippen LogP contribution in [0.1, 0.15) is 31.2 Å². The zero-order valence-electron chi connectivity index (χ0n) is 10.3. The Balaban J connectivity index is 0.000000163. The first kappa shape index (κ1) is 14.2. The molecule has 2 aromatic rings. The molecule has 0 N–H and O–H groups in total. The lowest BCUT2D eigenvalue weighted by molar-refractivity contribution is 0.272. The second kappa shape index (κ2) is 6.78. The van der Waals surface area contributed by atoms with Crippen LogP contribution in [-0.4, -0.2) is 9.78 Å². The first-order valence-corrected chi connectivity index (χ1v) is 6.97. The Morgan fingerprint density at radius 3 is 2.37 bits per heavy atom. The van der Waals surface area contributed by atoms with E-state index in [0.717, 1.165) is 17.9 Å². The van der Waals surface area contributed by atoms with E-state index in [9.17, 15) is 4.79 Å². The Labute approximate surface area is 120 Å². The van der Waals surface area contributed by atoms with Crippen LogP contribution in [0.2, 0.25) is 5.02 Å². The predicted octanol–water partition coefficient (Wildman–Crippen LogP) is 3.64. The highest BCUT2D eigenvalue weighted by Gasteiger charge is 2.23. The van der Waals surface area contributed by atoms with Crippen LogP contribution >= 0.6 is 23.2 Å². The minimum atomic E-state index is -0.379. The van der Waals surface area contributed by atoms with Crippen molar-refractivity contribution in [2.75, 3.05) is 0 Å². The molecule has 0 atom stereocenters. The van der Waals surface area contributed by atoms with Crippen molar-refractivity contribution in [2.45, 2.75) is 31.2 Å². The molecule has 4 nitrogen and oxygen atoms in total. The summed E-state index contributed by atoms with van der Waals surface area (Å²) in [7, 11) is 0. The van der Waals surface area contributed by atoms with Crippen molar-refractivity contribution in [1.29, 1.82) is 0 Å². The Hall–Kier alpha value is -1.26. The van der Waals surface area contributed by atoms with Crippen LogP contribution in [-0.2, 0) is 5.88 Å². The third kappa shape index (κ3) is 3.85. The molecular weight excluding hydrogens is 287 g/mol. The fourth-order valence-corrected chi connectivity index (χ4v) is 1.91. The van der Waals surface area contributed by atoms with Gasteiger partial charge in [-0.05, 0) is 31.4 Å². The number of halogens is 2. The zero-order chi connectivity index (χ0) is 13.7. The second-order valence-corrected chi connectivity index (χ2v) is 4.92. The first-order valence-electron chi connectivity index (χ1n) is 6.05. The van der Waals surface area contributed by atoms with Crippen LogP contribution in [0.4, 0.5) is 0 Å². The molecule has 1 saturated carbocycles. The molecule has 1 fully saturated rings. The Morgan fingerprint density at radius 2 is 2.00 bits per heavy atom. The highest BCUT2D eigenvalue weighted by molar-refractivity contribution is 6.30. The number of benzene rings is 1. The van der Waals surface area contributed by atoms with Crippen molar-refractivity contribution < 1.29 is 4.42 Å². The van der Waals surface area contributed by atoms with Crippen molar-refractivity contribution in [3.8, 4) is 0 Å². The quantitative estimate of drug-likeness (QED) is 0.796. The summed E-state index contributed by atoms with van der Waals surface area (Å²) in [6.45, 7) is 0. The van der Waals surface area contributed by atoms with Gasteiger partial charge in [0.25, 0.3) is 0 Å². The molecule has 6 heteroatoms. The SMILES string of the molecule is Clc1ccccc1.O=c1oc(CCl)nn1C1CCC1. The fraction of sp³-hybridized carbons (Fsp3) is 0.385. The molecule has 0 radical (unpaired) electrons. The minimum Gasteiger partial charge on any atom is -0.391 e. The van der Waals surface area contributed by atoms with Crippen LogP contribution in [0.25, 0.3) is 0 Å². The third-order valence-corrected chi connectivity index (χ3v) is 3.36. The maximum absolute atomic E-state index is 11.1. The van der Waals surface area contributed by atoms with E-state index in [1.54, 1.807) is 0 Å². The van der Waals surface area contributed by atoms with E-state index in [2.05, 4.69) is 5.10 Å². The molecule has 0 saturated heterocycles. The maximum atomic E-state index is 11.1. The van der Waals surface area contributed by atoms with Crippen molar-refractivity contribution in [3.63, 3.8) is 0 Å². The Kier molecular flexibility index (Phi) is 5.05. The van der Waals surface area contributed by atoms with Crippen molar-refractivity contribution >= 4 is 23.2 Å². The third-order valence-electron chi connectivity index (χ3n) is 2.88. The monoisotopic (exact) mass is 300 g/mol. The lowest BCUT2D eigenvalue weighted by Crippen LogP contribution is -2.26. The Morgan fingerprint density at radius 1 is 1.32 bits per heavy atom. The fourth-order valence-electron chi connectivity index (χ4n) is 1.66. The second-order valence-electron chi connectivity index (χ2n) is 4.22. The number of rotatable bonds is 2. The predicted molar refractivity (Wildman–Crippen MR) is 74.7 cm³/mol. The lowest BCUT2D eigenvalue weighted by Gasteiger charge is -2.23. The van der Waals surface area contributed by atoms with Gasteiger partial charge in [-0.15, -0.1) is 16.7 Å². The average molecular weight is 301 g/mol. The number of hydrogen-bond donors (Lipinski definition) is 0. The van der Waals surface area contributed by atoms with Gasteiger partial charge >= 0.3 is 5.76 Å². The van der Waals surface area contributed by atoms with Crippen LogP contribution in [0, 0.1) is 0 Å². The van der Waals surface area contributed by atoms with Crippen LogP contribution in [0.3, 0.4) is 0 Å². The number of alkyl halides is 1. The highest BCUT2D eigenvalue weighted by Crippen LogP contribution is 2.29. The van der Waals surface area contributed by atoms with Gasteiger partial charge < -0.3 is 4.42 Å². The van der Waals surface area contributed by atoms with E-state index in [-0.39, 0.29) is 17.7 Å².